The van der Waals surface area contributed by atoms with E-state index in [9.17, 15) is 4.79 Å². The fourth-order valence-corrected chi connectivity index (χ4v) is 3.44. The Morgan fingerprint density at radius 1 is 1.16 bits per heavy atom. The number of nitrogens with one attached hydrogen (secondary N) is 1. The van der Waals surface area contributed by atoms with Crippen molar-refractivity contribution in [3.05, 3.63) is 69.6 Å². The molecule has 4 rings (SSSR count). The van der Waals surface area contributed by atoms with E-state index in [2.05, 4.69) is 26.2 Å². The summed E-state index contributed by atoms with van der Waals surface area (Å²) < 4.78 is 12.6. The highest BCUT2D eigenvalue weighted by atomic mass is 79.9. The number of aromatic nitrogens is 1. The van der Waals surface area contributed by atoms with Crippen LogP contribution in [0.4, 0.5) is 5.13 Å². The van der Waals surface area contributed by atoms with Crippen LogP contribution in [0.5, 0.6) is 11.5 Å². The van der Waals surface area contributed by atoms with Gasteiger partial charge in [0.05, 0.1) is 5.69 Å². The molecule has 3 aromatic rings. The minimum absolute atomic E-state index is 0.195. The first-order chi connectivity index (χ1) is 12.2. The molecular formula is C18H13BrN2O3S. The number of thiazole rings is 1. The molecule has 2 heterocycles. The van der Waals surface area contributed by atoms with Crippen LogP contribution in [0.3, 0.4) is 0 Å². The molecule has 2 aromatic carbocycles. The Kier molecular flexibility index (Phi) is 4.42. The second-order valence-electron chi connectivity index (χ2n) is 5.40. The average Bonchev–Trinajstić information content (AvgIpc) is 3.10. The number of halogens is 1. The second kappa shape index (κ2) is 6.85. The Morgan fingerprint density at radius 2 is 1.92 bits per heavy atom. The summed E-state index contributed by atoms with van der Waals surface area (Å²) in [4.78, 5) is 16.7. The van der Waals surface area contributed by atoms with Gasteiger partial charge in [-0.25, -0.2) is 4.98 Å². The SMILES string of the molecule is O=C(Nc1nc([C@H]2COc3ccccc3O2)cs1)c1ccc(Br)cc1. The highest BCUT2D eigenvalue weighted by Crippen LogP contribution is 2.36. The number of para-hydroxylation sites is 2. The van der Waals surface area contributed by atoms with Crippen molar-refractivity contribution in [2.24, 2.45) is 0 Å². The third-order valence-electron chi connectivity index (χ3n) is 3.69. The van der Waals surface area contributed by atoms with Gasteiger partial charge >= 0.3 is 0 Å². The number of hydrogen-bond donors (Lipinski definition) is 1. The van der Waals surface area contributed by atoms with Gasteiger partial charge in [0.25, 0.3) is 5.91 Å². The van der Waals surface area contributed by atoms with E-state index in [1.165, 1.54) is 11.3 Å². The number of nitrogens with zero attached hydrogens (tertiary/aromatic N) is 1. The van der Waals surface area contributed by atoms with Gasteiger partial charge in [-0.2, -0.15) is 0 Å². The van der Waals surface area contributed by atoms with Crippen LogP contribution in [0.2, 0.25) is 0 Å². The van der Waals surface area contributed by atoms with Crippen molar-refractivity contribution in [2.45, 2.75) is 6.10 Å². The fraction of sp³-hybridized carbons (Fsp3) is 0.111. The quantitative estimate of drug-likeness (QED) is 0.673. The Balaban J connectivity index is 1.46. The molecule has 1 amide bonds. The number of carbonyl (C=O) groups is 1. The molecule has 0 bridgehead atoms. The molecule has 1 aliphatic rings. The van der Waals surface area contributed by atoms with E-state index in [4.69, 9.17) is 9.47 Å². The van der Waals surface area contributed by atoms with Gasteiger partial charge in [-0.05, 0) is 36.4 Å². The first kappa shape index (κ1) is 16.1. The molecular weight excluding hydrogens is 404 g/mol. The summed E-state index contributed by atoms with van der Waals surface area (Å²) >= 11 is 4.72. The van der Waals surface area contributed by atoms with Crippen molar-refractivity contribution in [1.29, 1.82) is 0 Å². The van der Waals surface area contributed by atoms with Crippen LogP contribution in [-0.4, -0.2) is 17.5 Å². The average molecular weight is 417 g/mol. The molecule has 1 atom stereocenters. The van der Waals surface area contributed by atoms with Gasteiger partial charge in [0.1, 0.15) is 6.61 Å². The molecule has 0 fully saturated rings. The molecule has 7 heteroatoms. The molecule has 1 N–H and O–H groups in total. The second-order valence-corrected chi connectivity index (χ2v) is 7.18. The van der Waals surface area contributed by atoms with Crippen molar-refractivity contribution in [2.75, 3.05) is 11.9 Å². The lowest BCUT2D eigenvalue weighted by Gasteiger charge is -2.25. The van der Waals surface area contributed by atoms with Crippen molar-refractivity contribution < 1.29 is 14.3 Å². The van der Waals surface area contributed by atoms with E-state index in [0.29, 0.717) is 23.1 Å². The van der Waals surface area contributed by atoms with Crippen LogP contribution in [0.1, 0.15) is 22.2 Å². The van der Waals surface area contributed by atoms with Gasteiger partial charge < -0.3 is 9.47 Å². The Hall–Kier alpha value is -2.38. The van der Waals surface area contributed by atoms with Gasteiger partial charge in [0, 0.05) is 15.4 Å². The zero-order valence-electron chi connectivity index (χ0n) is 12.9. The van der Waals surface area contributed by atoms with E-state index in [0.717, 1.165) is 15.9 Å². The Bertz CT molecular complexity index is 911. The van der Waals surface area contributed by atoms with Gasteiger partial charge in [-0.15, -0.1) is 11.3 Å². The molecule has 0 spiro atoms. The molecule has 126 valence electrons. The topological polar surface area (TPSA) is 60.5 Å². The summed E-state index contributed by atoms with van der Waals surface area (Å²) in [5, 5.41) is 5.22. The summed E-state index contributed by atoms with van der Waals surface area (Å²) in [6.45, 7) is 0.390. The summed E-state index contributed by atoms with van der Waals surface area (Å²) in [6, 6.07) is 14.7. The minimum Gasteiger partial charge on any atom is -0.485 e. The van der Waals surface area contributed by atoms with Gasteiger partial charge in [0.15, 0.2) is 22.7 Å². The van der Waals surface area contributed by atoms with Gasteiger partial charge in [-0.3, -0.25) is 10.1 Å². The molecule has 0 saturated carbocycles. The largest absolute Gasteiger partial charge is 0.485 e. The maximum Gasteiger partial charge on any atom is 0.257 e. The lowest BCUT2D eigenvalue weighted by molar-refractivity contribution is 0.0888. The smallest absolute Gasteiger partial charge is 0.257 e. The van der Waals surface area contributed by atoms with Crippen LogP contribution in [0.25, 0.3) is 0 Å². The van der Waals surface area contributed by atoms with E-state index < -0.39 is 0 Å². The lowest BCUT2D eigenvalue weighted by atomic mass is 10.2. The van der Waals surface area contributed by atoms with Gasteiger partial charge in [0.2, 0.25) is 0 Å². The van der Waals surface area contributed by atoms with Crippen LogP contribution in [-0.2, 0) is 0 Å². The molecule has 0 unspecified atom stereocenters. The predicted octanol–water partition coefficient (Wildman–Crippen LogP) is 4.67. The zero-order valence-corrected chi connectivity index (χ0v) is 15.3. The number of hydrogen-bond acceptors (Lipinski definition) is 5. The first-order valence-corrected chi connectivity index (χ1v) is 9.27. The normalized spacial score (nSPS) is 15.6. The van der Waals surface area contributed by atoms with E-state index >= 15 is 0 Å². The van der Waals surface area contributed by atoms with E-state index in [-0.39, 0.29) is 12.0 Å². The number of anilines is 1. The summed E-state index contributed by atoms with van der Waals surface area (Å²) in [5.74, 6) is 1.24. The van der Waals surface area contributed by atoms with Gasteiger partial charge in [-0.1, -0.05) is 28.1 Å². The minimum atomic E-state index is -0.288. The molecule has 25 heavy (non-hydrogen) atoms. The Labute approximate surface area is 156 Å². The number of ether oxygens (including phenoxy) is 2. The number of fused-ring (bicyclic) bond motifs is 1. The number of amides is 1. The van der Waals surface area contributed by atoms with Crippen molar-refractivity contribution >= 4 is 38.3 Å². The molecule has 5 nitrogen and oxygen atoms in total. The molecule has 0 saturated heterocycles. The summed E-state index contributed by atoms with van der Waals surface area (Å²) in [6.07, 6.45) is -0.288. The molecule has 1 aromatic heterocycles. The number of rotatable bonds is 3. The molecule has 0 radical (unpaired) electrons. The molecule has 0 aliphatic carbocycles. The predicted molar refractivity (Wildman–Crippen MR) is 99.5 cm³/mol. The van der Waals surface area contributed by atoms with Crippen molar-refractivity contribution in [3.63, 3.8) is 0 Å². The monoisotopic (exact) mass is 416 g/mol. The summed E-state index contributed by atoms with van der Waals surface area (Å²) in [7, 11) is 0. The van der Waals surface area contributed by atoms with Crippen molar-refractivity contribution in [1.82, 2.24) is 4.98 Å². The van der Waals surface area contributed by atoms with Crippen LogP contribution >= 0.6 is 27.3 Å². The lowest BCUT2D eigenvalue weighted by Crippen LogP contribution is -2.22. The van der Waals surface area contributed by atoms with Crippen molar-refractivity contribution in [3.8, 4) is 11.5 Å². The fourth-order valence-electron chi connectivity index (χ4n) is 2.43. The van der Waals surface area contributed by atoms with Crippen LogP contribution in [0, 0.1) is 0 Å². The maximum absolute atomic E-state index is 12.3. The van der Waals surface area contributed by atoms with Crippen LogP contribution < -0.4 is 14.8 Å². The first-order valence-electron chi connectivity index (χ1n) is 7.60. The third-order valence-corrected chi connectivity index (χ3v) is 4.99. The zero-order chi connectivity index (χ0) is 17.2. The Morgan fingerprint density at radius 3 is 2.72 bits per heavy atom. The summed E-state index contributed by atoms with van der Waals surface area (Å²) in [5.41, 5.74) is 1.32. The number of benzene rings is 2. The third kappa shape index (κ3) is 3.52. The maximum atomic E-state index is 12.3. The number of carbonyl (C=O) groups excluding carboxylic acids is 1. The highest BCUT2D eigenvalue weighted by molar-refractivity contribution is 9.10. The van der Waals surface area contributed by atoms with E-state index in [1.54, 1.807) is 12.1 Å². The molecule has 1 aliphatic heterocycles. The van der Waals surface area contributed by atoms with Crippen LogP contribution in [0.15, 0.2) is 58.4 Å². The van der Waals surface area contributed by atoms with E-state index in [1.807, 2.05) is 41.8 Å². The highest BCUT2D eigenvalue weighted by Gasteiger charge is 2.24. The standard InChI is InChI=1S/C18H13BrN2O3S/c19-12-7-5-11(6-8-12)17(22)21-18-20-13(10-25-18)16-9-23-14-3-1-2-4-15(14)24-16/h1-8,10,16H,9H2,(H,20,21,22)/t16-/m1/s1.